The Balaban J connectivity index is 0.00000112. The molecule has 15 heavy (non-hydrogen) atoms. The molecule has 0 amide bonds. The fourth-order valence-corrected chi connectivity index (χ4v) is 1.45. The first-order valence-corrected chi connectivity index (χ1v) is 4.88. The van der Waals surface area contributed by atoms with Gasteiger partial charge in [-0.3, -0.25) is 0 Å². The topological polar surface area (TPSA) is 54.7 Å². The first kappa shape index (κ1) is 12.0. The minimum atomic E-state index is -0.0117. The third-order valence-corrected chi connectivity index (χ3v) is 2.44. The van der Waals surface area contributed by atoms with Gasteiger partial charge >= 0.3 is 0 Å². The van der Waals surface area contributed by atoms with Crippen molar-refractivity contribution in [2.24, 2.45) is 11.7 Å². The Labute approximate surface area is 95.5 Å². The molecule has 0 aliphatic rings. The van der Waals surface area contributed by atoms with Crippen LogP contribution in [-0.4, -0.2) is 9.97 Å². The number of hydrogen-bond acceptors (Lipinski definition) is 2. The van der Waals surface area contributed by atoms with E-state index in [1.807, 2.05) is 24.3 Å². The number of nitrogens with two attached hydrogens (primary N) is 1. The number of nitrogens with zero attached hydrogens (tertiary/aromatic N) is 1. The third-order valence-electron chi connectivity index (χ3n) is 2.44. The highest BCUT2D eigenvalue weighted by Crippen LogP contribution is 2.19. The summed E-state index contributed by atoms with van der Waals surface area (Å²) in [5, 5.41) is 0. The highest BCUT2D eigenvalue weighted by molar-refractivity contribution is 5.85. The van der Waals surface area contributed by atoms with Crippen LogP contribution in [0.2, 0.25) is 0 Å². The molecule has 1 heterocycles. The first-order chi connectivity index (χ1) is 6.68. The maximum atomic E-state index is 6.01. The lowest BCUT2D eigenvalue weighted by Crippen LogP contribution is -2.17. The number of aromatic amines is 1. The molecule has 0 spiro atoms. The maximum Gasteiger partial charge on any atom is 0.124 e. The van der Waals surface area contributed by atoms with E-state index in [2.05, 4.69) is 23.8 Å². The van der Waals surface area contributed by atoms with Crippen LogP contribution in [0.25, 0.3) is 11.0 Å². The van der Waals surface area contributed by atoms with Gasteiger partial charge in [0, 0.05) is 0 Å². The van der Waals surface area contributed by atoms with E-state index in [4.69, 9.17) is 5.73 Å². The molecule has 2 aromatic rings. The molecule has 0 aliphatic carbocycles. The van der Waals surface area contributed by atoms with Crippen molar-refractivity contribution >= 4 is 23.4 Å². The average molecular weight is 226 g/mol. The molecule has 0 aliphatic heterocycles. The minimum Gasteiger partial charge on any atom is -0.341 e. The van der Waals surface area contributed by atoms with Crippen molar-refractivity contribution in [3.8, 4) is 0 Å². The average Bonchev–Trinajstić information content (AvgIpc) is 2.59. The summed E-state index contributed by atoms with van der Waals surface area (Å²) in [6.45, 7) is 4.19. The second kappa shape index (κ2) is 4.64. The molecule has 82 valence electrons. The summed E-state index contributed by atoms with van der Waals surface area (Å²) < 4.78 is 0. The fraction of sp³-hybridized carbons (Fsp3) is 0.364. The van der Waals surface area contributed by atoms with Crippen LogP contribution in [0.3, 0.4) is 0 Å². The van der Waals surface area contributed by atoms with Gasteiger partial charge in [0.25, 0.3) is 0 Å². The van der Waals surface area contributed by atoms with Gasteiger partial charge in [0.2, 0.25) is 0 Å². The fourth-order valence-electron chi connectivity index (χ4n) is 1.45. The monoisotopic (exact) mass is 225 g/mol. The van der Waals surface area contributed by atoms with E-state index in [0.717, 1.165) is 16.9 Å². The Bertz CT molecular complexity index is 403. The number of hydrogen-bond donors (Lipinski definition) is 2. The minimum absolute atomic E-state index is 0. The van der Waals surface area contributed by atoms with Gasteiger partial charge in [0.1, 0.15) is 5.82 Å². The smallest absolute Gasteiger partial charge is 0.124 e. The summed E-state index contributed by atoms with van der Waals surface area (Å²) in [7, 11) is 0. The highest BCUT2D eigenvalue weighted by Gasteiger charge is 2.14. The molecular weight excluding hydrogens is 210 g/mol. The zero-order valence-electron chi connectivity index (χ0n) is 8.90. The van der Waals surface area contributed by atoms with Gasteiger partial charge in [0.15, 0.2) is 0 Å². The molecule has 3 nitrogen and oxygen atoms in total. The first-order valence-electron chi connectivity index (χ1n) is 4.88. The van der Waals surface area contributed by atoms with E-state index in [-0.39, 0.29) is 18.4 Å². The predicted octanol–water partition coefficient (Wildman–Crippen LogP) is 2.64. The summed E-state index contributed by atoms with van der Waals surface area (Å²) in [6, 6.07) is 7.96. The Morgan fingerprint density at radius 3 is 2.53 bits per heavy atom. The summed E-state index contributed by atoms with van der Waals surface area (Å²) in [6.07, 6.45) is 0. The van der Waals surface area contributed by atoms with Crippen molar-refractivity contribution in [3.05, 3.63) is 30.1 Å². The summed E-state index contributed by atoms with van der Waals surface area (Å²) in [5.74, 6) is 1.27. The molecule has 2 rings (SSSR count). The van der Waals surface area contributed by atoms with Crippen LogP contribution in [-0.2, 0) is 0 Å². The molecule has 3 N–H and O–H groups in total. The number of H-pyrrole nitrogens is 1. The molecule has 1 aromatic heterocycles. The molecule has 1 atom stereocenters. The summed E-state index contributed by atoms with van der Waals surface area (Å²) in [4.78, 5) is 7.69. The van der Waals surface area contributed by atoms with Crippen LogP contribution >= 0.6 is 12.4 Å². The number of para-hydroxylation sites is 2. The molecule has 0 unspecified atom stereocenters. The second-order valence-corrected chi connectivity index (χ2v) is 3.91. The molecule has 1 aromatic carbocycles. The number of benzene rings is 1. The van der Waals surface area contributed by atoms with E-state index in [0.29, 0.717) is 5.92 Å². The molecule has 0 fully saturated rings. The van der Waals surface area contributed by atoms with Gasteiger partial charge in [-0.1, -0.05) is 26.0 Å². The van der Waals surface area contributed by atoms with Crippen LogP contribution in [0, 0.1) is 5.92 Å². The van der Waals surface area contributed by atoms with Crippen molar-refractivity contribution in [2.45, 2.75) is 19.9 Å². The lowest BCUT2D eigenvalue weighted by atomic mass is 10.1. The van der Waals surface area contributed by atoms with Gasteiger partial charge in [-0.15, -0.1) is 12.4 Å². The zero-order chi connectivity index (χ0) is 10.1. The van der Waals surface area contributed by atoms with Crippen LogP contribution in [0.1, 0.15) is 25.7 Å². The number of rotatable bonds is 2. The van der Waals surface area contributed by atoms with Gasteiger partial charge in [-0.05, 0) is 18.1 Å². The molecule has 0 radical (unpaired) electrons. The van der Waals surface area contributed by atoms with Crippen molar-refractivity contribution in [1.29, 1.82) is 0 Å². The summed E-state index contributed by atoms with van der Waals surface area (Å²) in [5.41, 5.74) is 8.05. The molecule has 0 saturated carbocycles. The second-order valence-electron chi connectivity index (χ2n) is 3.91. The lowest BCUT2D eigenvalue weighted by Gasteiger charge is -2.11. The molecular formula is C11H16ClN3. The van der Waals surface area contributed by atoms with Gasteiger partial charge < -0.3 is 10.7 Å². The van der Waals surface area contributed by atoms with E-state index in [9.17, 15) is 0 Å². The van der Waals surface area contributed by atoms with Crippen LogP contribution in [0.15, 0.2) is 24.3 Å². The van der Waals surface area contributed by atoms with Gasteiger partial charge in [-0.2, -0.15) is 0 Å². The highest BCUT2D eigenvalue weighted by atomic mass is 35.5. The number of aromatic nitrogens is 2. The van der Waals surface area contributed by atoms with E-state index in [1.54, 1.807) is 0 Å². The molecule has 0 bridgehead atoms. The van der Waals surface area contributed by atoms with Crippen molar-refractivity contribution in [2.75, 3.05) is 0 Å². The molecule has 4 heteroatoms. The standard InChI is InChI=1S/C11H15N3.ClH/c1-7(2)10(12)11-13-8-5-3-4-6-9(8)14-11;/h3-7,10H,12H2,1-2H3,(H,13,14);1H/t10-;/m1./s1. The van der Waals surface area contributed by atoms with Crippen molar-refractivity contribution < 1.29 is 0 Å². The number of halogens is 1. The zero-order valence-corrected chi connectivity index (χ0v) is 9.71. The van der Waals surface area contributed by atoms with Crippen molar-refractivity contribution in [3.63, 3.8) is 0 Å². The Morgan fingerprint density at radius 1 is 1.27 bits per heavy atom. The lowest BCUT2D eigenvalue weighted by molar-refractivity contribution is 0.495. The molecule has 0 saturated heterocycles. The number of imidazole rings is 1. The summed E-state index contributed by atoms with van der Waals surface area (Å²) >= 11 is 0. The number of fused-ring (bicyclic) bond motifs is 1. The van der Waals surface area contributed by atoms with Crippen molar-refractivity contribution in [1.82, 2.24) is 9.97 Å². The number of nitrogens with one attached hydrogen (secondary N) is 1. The Kier molecular flexibility index (Phi) is 3.72. The van der Waals surface area contributed by atoms with Crippen LogP contribution in [0.5, 0.6) is 0 Å². The van der Waals surface area contributed by atoms with Crippen LogP contribution < -0.4 is 5.73 Å². The third kappa shape index (κ3) is 2.30. The normalized spacial score (nSPS) is 12.8. The largest absolute Gasteiger partial charge is 0.341 e. The maximum absolute atomic E-state index is 6.01. The predicted molar refractivity (Wildman–Crippen MR) is 65.1 cm³/mol. The van der Waals surface area contributed by atoms with Gasteiger partial charge in [0.05, 0.1) is 17.1 Å². The van der Waals surface area contributed by atoms with E-state index in [1.165, 1.54) is 0 Å². The van der Waals surface area contributed by atoms with Gasteiger partial charge in [-0.25, -0.2) is 4.98 Å². The van der Waals surface area contributed by atoms with E-state index < -0.39 is 0 Å². The van der Waals surface area contributed by atoms with E-state index >= 15 is 0 Å². The Morgan fingerprint density at radius 2 is 1.93 bits per heavy atom. The van der Waals surface area contributed by atoms with Crippen LogP contribution in [0.4, 0.5) is 0 Å². The Hall–Kier alpha value is -1.06. The SMILES string of the molecule is CC(C)[C@@H](N)c1nc2ccccc2[nH]1.Cl. The quantitative estimate of drug-likeness (QED) is 0.826.